The summed E-state index contributed by atoms with van der Waals surface area (Å²) in [5.74, 6) is 0.295. The van der Waals surface area contributed by atoms with E-state index in [1.165, 1.54) is 29.7 Å². The fraction of sp³-hybridized carbons (Fsp3) is 0.111. The lowest BCUT2D eigenvalue weighted by Crippen LogP contribution is -2.23. The molecule has 28 heavy (non-hydrogen) atoms. The van der Waals surface area contributed by atoms with E-state index in [0.717, 1.165) is 4.96 Å². The molecule has 0 radical (unpaired) electrons. The molecule has 0 saturated carbocycles. The maximum absolute atomic E-state index is 12.3. The Kier molecular flexibility index (Phi) is 4.99. The van der Waals surface area contributed by atoms with Crippen LogP contribution in [0, 0.1) is 0 Å². The first-order valence-corrected chi connectivity index (χ1v) is 10.7. The van der Waals surface area contributed by atoms with Crippen molar-refractivity contribution in [3.8, 4) is 0 Å². The van der Waals surface area contributed by atoms with Crippen molar-refractivity contribution in [2.24, 2.45) is 0 Å². The molecule has 0 aliphatic rings. The molecule has 0 spiro atoms. The molecule has 4 rings (SSSR count). The second-order valence-electron chi connectivity index (χ2n) is 5.98. The molecule has 0 bridgehead atoms. The number of anilines is 1. The zero-order valence-corrected chi connectivity index (χ0v) is 16.2. The normalized spacial score (nSPS) is 11.7. The van der Waals surface area contributed by atoms with E-state index in [2.05, 4.69) is 15.0 Å². The van der Waals surface area contributed by atoms with Gasteiger partial charge in [-0.1, -0.05) is 0 Å². The molecular formula is C18H16N4O4S2. The molecule has 3 heterocycles. The molecule has 8 nitrogen and oxygen atoms in total. The van der Waals surface area contributed by atoms with Crippen molar-refractivity contribution < 1.29 is 17.6 Å². The van der Waals surface area contributed by atoms with Crippen LogP contribution in [-0.4, -0.2) is 23.7 Å². The van der Waals surface area contributed by atoms with Gasteiger partial charge in [-0.05, 0) is 36.4 Å². The first-order chi connectivity index (χ1) is 13.5. The van der Waals surface area contributed by atoms with Gasteiger partial charge in [-0.15, -0.1) is 11.3 Å². The number of thiazole rings is 1. The Hall–Kier alpha value is -2.95. The lowest BCUT2D eigenvalue weighted by atomic mass is 10.3. The highest BCUT2D eigenvalue weighted by molar-refractivity contribution is 7.89. The van der Waals surface area contributed by atoms with Crippen LogP contribution < -0.4 is 10.0 Å². The van der Waals surface area contributed by atoms with Crippen LogP contribution in [0.1, 0.15) is 11.5 Å². The molecule has 3 aromatic heterocycles. The van der Waals surface area contributed by atoms with E-state index in [1.807, 2.05) is 22.2 Å². The van der Waals surface area contributed by atoms with E-state index in [1.54, 1.807) is 24.3 Å². The van der Waals surface area contributed by atoms with Crippen LogP contribution in [0.2, 0.25) is 0 Å². The molecule has 2 N–H and O–H groups in total. The first-order valence-electron chi connectivity index (χ1n) is 8.33. The van der Waals surface area contributed by atoms with Crippen molar-refractivity contribution in [2.75, 3.05) is 5.32 Å². The van der Waals surface area contributed by atoms with Gasteiger partial charge < -0.3 is 9.73 Å². The molecule has 0 saturated heterocycles. The van der Waals surface area contributed by atoms with Crippen molar-refractivity contribution in [1.29, 1.82) is 0 Å². The number of carbonyl (C=O) groups is 1. The first kappa shape index (κ1) is 18.4. The van der Waals surface area contributed by atoms with Crippen LogP contribution in [0.5, 0.6) is 0 Å². The predicted molar refractivity (Wildman–Crippen MR) is 105 cm³/mol. The number of hydrogen-bond donors (Lipinski definition) is 2. The van der Waals surface area contributed by atoms with Gasteiger partial charge in [-0.25, -0.2) is 18.1 Å². The number of nitrogens with zero attached hydrogens (tertiary/aromatic N) is 2. The molecule has 1 amide bonds. The average Bonchev–Trinajstić information content (AvgIpc) is 3.38. The molecule has 0 unspecified atom stereocenters. The summed E-state index contributed by atoms with van der Waals surface area (Å²) in [6.07, 6.45) is 5.31. The highest BCUT2D eigenvalue weighted by Crippen LogP contribution is 2.16. The van der Waals surface area contributed by atoms with Gasteiger partial charge in [0.2, 0.25) is 15.9 Å². The maximum Gasteiger partial charge on any atom is 0.240 e. The third kappa shape index (κ3) is 4.14. The summed E-state index contributed by atoms with van der Waals surface area (Å²) in [5.41, 5.74) is 1.18. The lowest BCUT2D eigenvalue weighted by molar-refractivity contribution is -0.115. The van der Waals surface area contributed by atoms with Gasteiger partial charge in [0.05, 0.1) is 29.8 Å². The van der Waals surface area contributed by atoms with Gasteiger partial charge in [-0.3, -0.25) is 9.20 Å². The Morgan fingerprint density at radius 3 is 2.75 bits per heavy atom. The van der Waals surface area contributed by atoms with Crippen LogP contribution in [0.25, 0.3) is 4.96 Å². The number of sulfonamides is 1. The molecule has 0 atom stereocenters. The van der Waals surface area contributed by atoms with E-state index >= 15 is 0 Å². The van der Waals surface area contributed by atoms with Crippen molar-refractivity contribution in [2.45, 2.75) is 17.9 Å². The van der Waals surface area contributed by atoms with E-state index in [9.17, 15) is 13.2 Å². The number of rotatable bonds is 7. The highest BCUT2D eigenvalue weighted by atomic mass is 32.2. The van der Waals surface area contributed by atoms with Crippen LogP contribution in [0.3, 0.4) is 0 Å². The summed E-state index contributed by atoms with van der Waals surface area (Å²) in [5, 5.41) is 4.67. The number of carbonyl (C=O) groups excluding carboxylic acids is 1. The smallest absolute Gasteiger partial charge is 0.240 e. The van der Waals surface area contributed by atoms with Crippen molar-refractivity contribution in [3.05, 3.63) is 71.9 Å². The molecule has 0 fully saturated rings. The molecule has 10 heteroatoms. The minimum absolute atomic E-state index is 0.0654. The fourth-order valence-electron chi connectivity index (χ4n) is 2.61. The van der Waals surface area contributed by atoms with Gasteiger partial charge in [0, 0.05) is 23.5 Å². The Labute approximate surface area is 164 Å². The Morgan fingerprint density at radius 1 is 1.21 bits per heavy atom. The maximum atomic E-state index is 12.3. The zero-order valence-electron chi connectivity index (χ0n) is 14.5. The summed E-state index contributed by atoms with van der Waals surface area (Å²) in [6, 6.07) is 9.34. The SMILES string of the molecule is O=C(Cc1cn2ccsc2n1)Nc1ccc(S(=O)(=O)NCc2ccco2)cc1. The quantitative estimate of drug-likeness (QED) is 0.482. The molecule has 144 valence electrons. The number of hydrogen-bond acceptors (Lipinski definition) is 6. The van der Waals surface area contributed by atoms with Crippen LogP contribution in [0.4, 0.5) is 5.69 Å². The van der Waals surface area contributed by atoms with Gasteiger partial charge in [0.25, 0.3) is 0 Å². The molecular weight excluding hydrogens is 400 g/mol. The van der Waals surface area contributed by atoms with Gasteiger partial charge >= 0.3 is 0 Å². The number of furan rings is 1. The molecule has 4 aromatic rings. The fourth-order valence-corrected chi connectivity index (χ4v) is 4.32. The van der Waals surface area contributed by atoms with Gasteiger partial charge in [0.1, 0.15) is 5.76 Å². The largest absolute Gasteiger partial charge is 0.468 e. The van der Waals surface area contributed by atoms with E-state index in [4.69, 9.17) is 4.42 Å². The minimum atomic E-state index is -3.67. The van der Waals surface area contributed by atoms with Crippen molar-refractivity contribution in [3.63, 3.8) is 0 Å². The van der Waals surface area contributed by atoms with Crippen LogP contribution in [0.15, 0.2) is 69.7 Å². The standard InChI is InChI=1S/C18H16N4O4S2/c23-17(10-14-12-22-7-9-27-18(22)21-14)20-13-3-5-16(6-4-13)28(24,25)19-11-15-2-1-8-26-15/h1-9,12,19H,10-11H2,(H,20,23). The van der Waals surface area contributed by atoms with Gasteiger partial charge in [0.15, 0.2) is 4.96 Å². The number of nitrogens with one attached hydrogen (secondary N) is 2. The number of aromatic nitrogens is 2. The summed E-state index contributed by atoms with van der Waals surface area (Å²) in [6.45, 7) is 0.0654. The Balaban J connectivity index is 1.36. The topological polar surface area (TPSA) is 106 Å². The predicted octanol–water partition coefficient (Wildman–Crippen LogP) is 2.65. The Morgan fingerprint density at radius 2 is 2.04 bits per heavy atom. The molecule has 0 aliphatic carbocycles. The summed E-state index contributed by atoms with van der Waals surface area (Å²) in [7, 11) is -3.67. The Bertz CT molecular complexity index is 1160. The monoisotopic (exact) mass is 416 g/mol. The second-order valence-corrected chi connectivity index (χ2v) is 8.62. The number of fused-ring (bicyclic) bond motifs is 1. The third-order valence-corrected chi connectivity index (χ3v) is 6.14. The number of imidazole rings is 1. The molecule has 0 aliphatic heterocycles. The molecule has 1 aromatic carbocycles. The van der Waals surface area contributed by atoms with E-state index < -0.39 is 10.0 Å². The van der Waals surface area contributed by atoms with Gasteiger partial charge in [-0.2, -0.15) is 0 Å². The summed E-state index contributed by atoms with van der Waals surface area (Å²) >= 11 is 1.50. The minimum Gasteiger partial charge on any atom is -0.468 e. The van der Waals surface area contributed by atoms with Crippen LogP contribution >= 0.6 is 11.3 Å². The third-order valence-electron chi connectivity index (χ3n) is 3.95. The second kappa shape index (κ2) is 7.58. The highest BCUT2D eigenvalue weighted by Gasteiger charge is 2.15. The average molecular weight is 416 g/mol. The van der Waals surface area contributed by atoms with E-state index in [0.29, 0.717) is 17.1 Å². The van der Waals surface area contributed by atoms with Crippen molar-refractivity contribution >= 4 is 37.9 Å². The summed E-state index contributed by atoms with van der Waals surface area (Å²) in [4.78, 5) is 17.5. The van der Waals surface area contributed by atoms with E-state index in [-0.39, 0.29) is 23.8 Å². The number of benzene rings is 1. The van der Waals surface area contributed by atoms with Crippen molar-refractivity contribution in [1.82, 2.24) is 14.1 Å². The number of amides is 1. The summed E-state index contributed by atoms with van der Waals surface area (Å²) < 4.78 is 34.1. The lowest BCUT2D eigenvalue weighted by Gasteiger charge is -2.08. The zero-order chi connectivity index (χ0) is 19.6. The van der Waals surface area contributed by atoms with Crippen LogP contribution in [-0.2, 0) is 27.8 Å².